The Morgan fingerprint density at radius 1 is 1.00 bits per heavy atom. The highest BCUT2D eigenvalue weighted by molar-refractivity contribution is 7.89. The molecule has 0 aromatic heterocycles. The number of nitrogens with one attached hydrogen (secondary N) is 2. The third-order valence-electron chi connectivity index (χ3n) is 4.95. The van der Waals surface area contributed by atoms with E-state index in [9.17, 15) is 13.2 Å². The van der Waals surface area contributed by atoms with Gasteiger partial charge in [-0.15, -0.1) is 0 Å². The summed E-state index contributed by atoms with van der Waals surface area (Å²) in [5, 5.41) is 3.41. The number of rotatable bonds is 9. The molecule has 0 radical (unpaired) electrons. The number of aryl methyl sites for hydroxylation is 1. The second kappa shape index (κ2) is 10.6. The fraction of sp³-hybridized carbons (Fsp3) is 0.208. The topological polar surface area (TPSA) is 84.5 Å². The van der Waals surface area contributed by atoms with Crippen molar-refractivity contribution in [2.75, 3.05) is 7.11 Å². The molecular weight excluding hydrogens is 448 g/mol. The van der Waals surface area contributed by atoms with Gasteiger partial charge in [-0.3, -0.25) is 4.79 Å². The third kappa shape index (κ3) is 6.32. The van der Waals surface area contributed by atoms with E-state index in [0.717, 1.165) is 11.1 Å². The lowest BCUT2D eigenvalue weighted by molar-refractivity contribution is -0.122. The minimum Gasteiger partial charge on any atom is -0.496 e. The normalized spacial score (nSPS) is 12.2. The summed E-state index contributed by atoms with van der Waals surface area (Å²) >= 11 is 5.90. The van der Waals surface area contributed by atoms with Crippen LogP contribution in [0, 0.1) is 6.92 Å². The molecule has 8 heteroatoms. The van der Waals surface area contributed by atoms with Crippen molar-refractivity contribution in [1.82, 2.24) is 10.0 Å². The van der Waals surface area contributed by atoms with Gasteiger partial charge in [0.15, 0.2) is 0 Å². The number of ether oxygens (including phenoxy) is 1. The molecule has 3 aromatic rings. The molecule has 0 saturated carbocycles. The zero-order valence-corrected chi connectivity index (χ0v) is 19.4. The predicted molar refractivity (Wildman–Crippen MR) is 125 cm³/mol. The molecule has 1 amide bonds. The van der Waals surface area contributed by atoms with E-state index >= 15 is 0 Å². The van der Waals surface area contributed by atoms with Crippen LogP contribution in [0.4, 0.5) is 0 Å². The summed E-state index contributed by atoms with van der Waals surface area (Å²) in [6.07, 6.45) is 0.210. The minimum atomic E-state index is -3.94. The second-order valence-corrected chi connectivity index (χ2v) is 9.49. The van der Waals surface area contributed by atoms with E-state index in [4.69, 9.17) is 16.3 Å². The monoisotopic (exact) mass is 472 g/mol. The average Bonchev–Trinajstić information content (AvgIpc) is 2.78. The molecule has 0 aliphatic rings. The van der Waals surface area contributed by atoms with Gasteiger partial charge < -0.3 is 10.1 Å². The van der Waals surface area contributed by atoms with Crippen molar-refractivity contribution in [3.05, 3.63) is 94.5 Å². The largest absolute Gasteiger partial charge is 0.496 e. The fourth-order valence-electron chi connectivity index (χ4n) is 3.23. The molecule has 168 valence electrons. The summed E-state index contributed by atoms with van der Waals surface area (Å²) in [6, 6.07) is 19.9. The lowest BCUT2D eigenvalue weighted by Gasteiger charge is -2.19. The zero-order chi connectivity index (χ0) is 23.1. The van der Waals surface area contributed by atoms with Gasteiger partial charge >= 0.3 is 0 Å². The van der Waals surface area contributed by atoms with Crippen LogP contribution >= 0.6 is 11.6 Å². The maximum atomic E-state index is 13.1. The highest BCUT2D eigenvalue weighted by Crippen LogP contribution is 2.21. The van der Waals surface area contributed by atoms with Crippen LogP contribution in [0.1, 0.15) is 16.7 Å². The van der Waals surface area contributed by atoms with E-state index < -0.39 is 22.0 Å². The first kappa shape index (κ1) is 23.8. The van der Waals surface area contributed by atoms with Gasteiger partial charge in [0, 0.05) is 11.6 Å². The first-order chi connectivity index (χ1) is 15.3. The number of amides is 1. The average molecular weight is 473 g/mol. The summed E-state index contributed by atoms with van der Waals surface area (Å²) in [5.41, 5.74) is 2.38. The summed E-state index contributed by atoms with van der Waals surface area (Å²) in [4.78, 5) is 13.0. The first-order valence-electron chi connectivity index (χ1n) is 10.0. The van der Waals surface area contributed by atoms with Crippen LogP contribution in [0.15, 0.2) is 77.7 Å². The summed E-state index contributed by atoms with van der Waals surface area (Å²) in [5.74, 6) is 0.170. The maximum Gasteiger partial charge on any atom is 0.241 e. The molecule has 0 bridgehead atoms. The van der Waals surface area contributed by atoms with Crippen molar-refractivity contribution >= 4 is 27.5 Å². The molecule has 2 N–H and O–H groups in total. The molecule has 32 heavy (non-hydrogen) atoms. The molecule has 0 saturated heterocycles. The molecule has 0 fully saturated rings. The number of methoxy groups -OCH3 is 1. The van der Waals surface area contributed by atoms with Crippen molar-refractivity contribution in [2.24, 2.45) is 0 Å². The number of hydrogen-bond donors (Lipinski definition) is 2. The van der Waals surface area contributed by atoms with Crippen molar-refractivity contribution < 1.29 is 17.9 Å². The molecule has 0 unspecified atom stereocenters. The van der Waals surface area contributed by atoms with Crippen LogP contribution < -0.4 is 14.8 Å². The predicted octanol–water partition coefficient (Wildman–Crippen LogP) is 3.86. The van der Waals surface area contributed by atoms with Gasteiger partial charge in [-0.1, -0.05) is 54.1 Å². The summed E-state index contributed by atoms with van der Waals surface area (Å²) < 4.78 is 33.9. The van der Waals surface area contributed by atoms with E-state index in [0.29, 0.717) is 16.3 Å². The van der Waals surface area contributed by atoms with E-state index in [2.05, 4.69) is 10.0 Å². The summed E-state index contributed by atoms with van der Waals surface area (Å²) in [7, 11) is -2.42. The van der Waals surface area contributed by atoms with Gasteiger partial charge in [0.05, 0.1) is 12.0 Å². The number of carbonyl (C=O) groups is 1. The first-order valence-corrected chi connectivity index (χ1v) is 11.9. The molecule has 6 nitrogen and oxygen atoms in total. The second-order valence-electron chi connectivity index (χ2n) is 7.34. The number of carbonyl (C=O) groups excluding carboxylic acids is 1. The SMILES string of the molecule is COc1ccc(S(=O)(=O)N[C@H](Cc2ccccc2)C(=O)NCc2ccc(Cl)cc2)cc1C. The van der Waals surface area contributed by atoms with Crippen molar-refractivity contribution in [2.45, 2.75) is 30.8 Å². The highest BCUT2D eigenvalue weighted by Gasteiger charge is 2.26. The number of sulfonamides is 1. The molecule has 0 aliphatic heterocycles. The number of benzene rings is 3. The molecule has 0 spiro atoms. The summed E-state index contributed by atoms with van der Waals surface area (Å²) in [6.45, 7) is 2.02. The third-order valence-corrected chi connectivity index (χ3v) is 6.67. The van der Waals surface area contributed by atoms with E-state index in [1.807, 2.05) is 30.3 Å². The minimum absolute atomic E-state index is 0.0689. The van der Waals surface area contributed by atoms with Crippen LogP contribution in [-0.4, -0.2) is 27.5 Å². The maximum absolute atomic E-state index is 13.1. The Hall–Kier alpha value is -2.87. The molecule has 0 heterocycles. The van der Waals surface area contributed by atoms with E-state index in [-0.39, 0.29) is 17.9 Å². The molecule has 3 rings (SSSR count). The Labute approximate surface area is 193 Å². The molecule has 1 atom stereocenters. The Balaban J connectivity index is 1.80. The number of hydrogen-bond acceptors (Lipinski definition) is 4. The van der Waals surface area contributed by atoms with Gasteiger partial charge in [-0.05, 0) is 60.4 Å². The van der Waals surface area contributed by atoms with Crippen LogP contribution in [0.3, 0.4) is 0 Å². The van der Waals surface area contributed by atoms with Crippen molar-refractivity contribution in [1.29, 1.82) is 0 Å². The highest BCUT2D eigenvalue weighted by atomic mass is 35.5. The van der Waals surface area contributed by atoms with Gasteiger partial charge in [0.1, 0.15) is 11.8 Å². The Kier molecular flexibility index (Phi) is 7.90. The fourth-order valence-corrected chi connectivity index (χ4v) is 4.63. The van der Waals surface area contributed by atoms with Crippen LogP contribution in [0.5, 0.6) is 5.75 Å². The Morgan fingerprint density at radius 3 is 2.31 bits per heavy atom. The molecule has 0 aliphatic carbocycles. The van der Waals surface area contributed by atoms with Crippen molar-refractivity contribution in [3.63, 3.8) is 0 Å². The Morgan fingerprint density at radius 2 is 1.69 bits per heavy atom. The van der Waals surface area contributed by atoms with E-state index in [1.165, 1.54) is 19.2 Å². The van der Waals surface area contributed by atoms with Crippen LogP contribution in [-0.2, 0) is 27.8 Å². The standard InChI is InChI=1S/C24H25ClN2O4S/c1-17-14-21(12-13-23(17)31-2)32(29,30)27-22(15-18-6-4-3-5-7-18)24(28)26-16-19-8-10-20(25)11-9-19/h3-14,22,27H,15-16H2,1-2H3,(H,26,28)/t22-/m1/s1. The lowest BCUT2D eigenvalue weighted by Crippen LogP contribution is -2.47. The quantitative estimate of drug-likeness (QED) is 0.495. The van der Waals surface area contributed by atoms with Gasteiger partial charge in [-0.25, -0.2) is 8.42 Å². The zero-order valence-electron chi connectivity index (χ0n) is 17.8. The van der Waals surface area contributed by atoms with Crippen LogP contribution in [0.2, 0.25) is 5.02 Å². The van der Waals surface area contributed by atoms with Gasteiger partial charge in [0.2, 0.25) is 15.9 Å². The number of halogens is 1. The molecular formula is C24H25ClN2O4S. The van der Waals surface area contributed by atoms with Crippen LogP contribution in [0.25, 0.3) is 0 Å². The van der Waals surface area contributed by atoms with Gasteiger partial charge in [-0.2, -0.15) is 4.72 Å². The van der Waals surface area contributed by atoms with Gasteiger partial charge in [0.25, 0.3) is 0 Å². The smallest absolute Gasteiger partial charge is 0.241 e. The molecule has 3 aromatic carbocycles. The van der Waals surface area contributed by atoms with E-state index in [1.54, 1.807) is 37.3 Å². The Bertz CT molecular complexity index is 1170. The lowest BCUT2D eigenvalue weighted by atomic mass is 10.1. The van der Waals surface area contributed by atoms with Crippen molar-refractivity contribution in [3.8, 4) is 5.75 Å².